The monoisotopic (exact) mass is 253 g/mol. The minimum Gasteiger partial charge on any atom is -0.508 e. The molecule has 2 N–H and O–H groups in total. The number of aromatic nitrogens is 2. The van der Waals surface area contributed by atoms with Crippen molar-refractivity contribution in [1.29, 1.82) is 0 Å². The molecule has 1 aromatic carbocycles. The average molecular weight is 254 g/mol. The largest absolute Gasteiger partial charge is 0.508 e. The van der Waals surface area contributed by atoms with Crippen LogP contribution in [0.15, 0.2) is 36.5 Å². The van der Waals surface area contributed by atoms with Crippen LogP contribution >= 0.6 is 12.4 Å². The molecule has 0 spiro atoms. The number of nitrogens with zero attached hydrogens (tertiary/aromatic N) is 2. The molecule has 2 aromatic rings. The summed E-state index contributed by atoms with van der Waals surface area (Å²) >= 11 is 0. The van der Waals surface area contributed by atoms with Crippen molar-refractivity contribution in [2.75, 3.05) is 0 Å². The van der Waals surface area contributed by atoms with E-state index >= 15 is 0 Å². The lowest BCUT2D eigenvalue weighted by Gasteiger charge is -2.06. The highest BCUT2D eigenvalue weighted by atomic mass is 35.5. The zero-order valence-electron chi connectivity index (χ0n) is 9.63. The van der Waals surface area contributed by atoms with E-state index in [1.165, 1.54) is 0 Å². The Labute approximate surface area is 107 Å². The lowest BCUT2D eigenvalue weighted by molar-refractivity contribution is 0.464. The van der Waals surface area contributed by atoms with Gasteiger partial charge >= 0.3 is 0 Å². The molecule has 1 aromatic heterocycles. The number of nitrogens with one attached hydrogen (secondary N) is 1. The van der Waals surface area contributed by atoms with Gasteiger partial charge in [-0.1, -0.05) is 18.2 Å². The summed E-state index contributed by atoms with van der Waals surface area (Å²) in [5.41, 5.74) is 2.03. The normalized spacial score (nSPS) is 9.94. The highest BCUT2D eigenvalue weighted by Gasteiger charge is 2.00. The van der Waals surface area contributed by atoms with Crippen molar-refractivity contribution in [3.63, 3.8) is 0 Å². The fourth-order valence-electron chi connectivity index (χ4n) is 1.56. The Balaban J connectivity index is 0.00000144. The Kier molecular flexibility index (Phi) is 5.00. The van der Waals surface area contributed by atoms with Gasteiger partial charge in [0.25, 0.3) is 0 Å². The van der Waals surface area contributed by atoms with E-state index in [-0.39, 0.29) is 12.4 Å². The van der Waals surface area contributed by atoms with Gasteiger partial charge < -0.3 is 10.4 Å². The molecule has 17 heavy (non-hydrogen) atoms. The van der Waals surface area contributed by atoms with Crippen molar-refractivity contribution in [3.8, 4) is 5.75 Å². The third kappa shape index (κ3) is 3.47. The summed E-state index contributed by atoms with van der Waals surface area (Å²) < 4.78 is 1.83. The number of hydrogen-bond acceptors (Lipinski definition) is 3. The van der Waals surface area contributed by atoms with Crippen LogP contribution in [0.1, 0.15) is 11.3 Å². The lowest BCUT2D eigenvalue weighted by atomic mass is 10.2. The molecule has 0 radical (unpaired) electrons. The van der Waals surface area contributed by atoms with Crippen LogP contribution < -0.4 is 5.32 Å². The SMILES string of the molecule is Cl.Cn1nccc1CNCc1ccccc1O. The number of hydrogen-bond donors (Lipinski definition) is 2. The Bertz CT molecular complexity index is 470. The summed E-state index contributed by atoms with van der Waals surface area (Å²) in [5.74, 6) is 0.333. The first kappa shape index (κ1) is 13.5. The van der Waals surface area contributed by atoms with E-state index in [4.69, 9.17) is 0 Å². The second-order valence-corrected chi connectivity index (χ2v) is 3.68. The Hall–Kier alpha value is -1.52. The van der Waals surface area contributed by atoms with Crippen LogP contribution in [0.4, 0.5) is 0 Å². The number of phenolic OH excluding ortho intramolecular Hbond substituents is 1. The molecule has 92 valence electrons. The summed E-state index contributed by atoms with van der Waals surface area (Å²) in [6.07, 6.45) is 1.77. The topological polar surface area (TPSA) is 50.1 Å². The van der Waals surface area contributed by atoms with Crippen molar-refractivity contribution >= 4 is 12.4 Å². The standard InChI is InChI=1S/C12H15N3O.ClH/c1-15-11(6-7-14-15)9-13-8-10-4-2-3-5-12(10)16;/h2-7,13,16H,8-9H2,1H3;1H. The number of phenols is 1. The smallest absolute Gasteiger partial charge is 0.120 e. The van der Waals surface area contributed by atoms with Gasteiger partial charge in [-0.3, -0.25) is 4.68 Å². The highest BCUT2D eigenvalue weighted by molar-refractivity contribution is 5.85. The molecule has 0 saturated carbocycles. The molecule has 0 aliphatic heterocycles. The van der Waals surface area contributed by atoms with Gasteiger partial charge in [0.05, 0.1) is 5.69 Å². The predicted molar refractivity (Wildman–Crippen MR) is 69.1 cm³/mol. The van der Waals surface area contributed by atoms with Crippen molar-refractivity contribution in [2.45, 2.75) is 13.1 Å². The summed E-state index contributed by atoms with van der Waals surface area (Å²) in [6, 6.07) is 9.31. The highest BCUT2D eigenvalue weighted by Crippen LogP contribution is 2.14. The van der Waals surface area contributed by atoms with Crippen molar-refractivity contribution in [3.05, 3.63) is 47.8 Å². The lowest BCUT2D eigenvalue weighted by Crippen LogP contribution is -2.15. The number of aryl methyl sites for hydroxylation is 1. The molecule has 0 unspecified atom stereocenters. The van der Waals surface area contributed by atoms with Crippen LogP contribution in [0.5, 0.6) is 5.75 Å². The van der Waals surface area contributed by atoms with E-state index in [2.05, 4.69) is 10.4 Å². The van der Waals surface area contributed by atoms with Gasteiger partial charge in [0.15, 0.2) is 0 Å². The number of rotatable bonds is 4. The van der Waals surface area contributed by atoms with Gasteiger partial charge in [0, 0.05) is 31.9 Å². The Morgan fingerprint density at radius 1 is 1.24 bits per heavy atom. The second kappa shape index (κ2) is 6.27. The third-order valence-corrected chi connectivity index (χ3v) is 2.54. The minimum absolute atomic E-state index is 0. The summed E-state index contributed by atoms with van der Waals surface area (Å²) in [6.45, 7) is 1.39. The summed E-state index contributed by atoms with van der Waals surface area (Å²) in [7, 11) is 1.91. The molecule has 4 nitrogen and oxygen atoms in total. The summed E-state index contributed by atoms with van der Waals surface area (Å²) in [5, 5.41) is 16.9. The molecule has 1 heterocycles. The van der Waals surface area contributed by atoms with Crippen LogP contribution in [0.3, 0.4) is 0 Å². The molecular formula is C12H16ClN3O. The molecular weight excluding hydrogens is 238 g/mol. The van der Waals surface area contributed by atoms with E-state index in [1.54, 1.807) is 12.3 Å². The van der Waals surface area contributed by atoms with Gasteiger partial charge in [-0.15, -0.1) is 12.4 Å². The molecule has 0 atom stereocenters. The van der Waals surface area contributed by atoms with E-state index in [1.807, 2.05) is 36.0 Å². The Morgan fingerprint density at radius 2 is 2.00 bits per heavy atom. The minimum atomic E-state index is 0. The predicted octanol–water partition coefficient (Wildman–Crippen LogP) is 1.84. The first-order valence-corrected chi connectivity index (χ1v) is 5.22. The van der Waals surface area contributed by atoms with Crippen molar-refractivity contribution in [2.24, 2.45) is 7.05 Å². The van der Waals surface area contributed by atoms with E-state index in [0.717, 1.165) is 17.8 Å². The molecule has 5 heteroatoms. The molecule has 0 fully saturated rings. The molecule has 0 aliphatic carbocycles. The number of benzene rings is 1. The fraction of sp³-hybridized carbons (Fsp3) is 0.250. The molecule has 0 amide bonds. The van der Waals surface area contributed by atoms with Crippen LogP contribution in [-0.2, 0) is 20.1 Å². The van der Waals surface area contributed by atoms with Crippen LogP contribution in [0.2, 0.25) is 0 Å². The average Bonchev–Trinajstić information content (AvgIpc) is 2.67. The van der Waals surface area contributed by atoms with Crippen LogP contribution in [0, 0.1) is 0 Å². The van der Waals surface area contributed by atoms with Gasteiger partial charge in [0.1, 0.15) is 5.75 Å². The summed E-state index contributed by atoms with van der Waals surface area (Å²) in [4.78, 5) is 0. The quantitative estimate of drug-likeness (QED) is 0.874. The van der Waals surface area contributed by atoms with Crippen LogP contribution in [0.25, 0.3) is 0 Å². The first-order valence-electron chi connectivity index (χ1n) is 5.22. The maximum atomic E-state index is 9.56. The molecule has 0 bridgehead atoms. The third-order valence-electron chi connectivity index (χ3n) is 2.54. The zero-order valence-corrected chi connectivity index (χ0v) is 10.4. The van der Waals surface area contributed by atoms with Gasteiger partial charge in [0.2, 0.25) is 0 Å². The van der Waals surface area contributed by atoms with E-state index in [0.29, 0.717) is 12.3 Å². The van der Waals surface area contributed by atoms with Crippen LogP contribution in [-0.4, -0.2) is 14.9 Å². The number of aromatic hydroxyl groups is 1. The van der Waals surface area contributed by atoms with Crippen molar-refractivity contribution < 1.29 is 5.11 Å². The molecule has 0 saturated heterocycles. The van der Waals surface area contributed by atoms with Gasteiger partial charge in [-0.25, -0.2) is 0 Å². The van der Waals surface area contributed by atoms with E-state index in [9.17, 15) is 5.11 Å². The Morgan fingerprint density at radius 3 is 2.65 bits per heavy atom. The first-order chi connectivity index (χ1) is 7.77. The fourth-order valence-corrected chi connectivity index (χ4v) is 1.56. The maximum absolute atomic E-state index is 9.56. The van der Waals surface area contributed by atoms with Gasteiger partial charge in [-0.2, -0.15) is 5.10 Å². The molecule has 0 aliphatic rings. The maximum Gasteiger partial charge on any atom is 0.120 e. The second-order valence-electron chi connectivity index (χ2n) is 3.68. The molecule has 2 rings (SSSR count). The van der Waals surface area contributed by atoms with Crippen molar-refractivity contribution in [1.82, 2.24) is 15.1 Å². The van der Waals surface area contributed by atoms with E-state index < -0.39 is 0 Å². The number of para-hydroxylation sites is 1. The number of halogens is 1. The zero-order chi connectivity index (χ0) is 11.4. The van der Waals surface area contributed by atoms with Gasteiger partial charge in [-0.05, 0) is 12.1 Å².